The summed E-state index contributed by atoms with van der Waals surface area (Å²) in [7, 11) is 2.95. The summed E-state index contributed by atoms with van der Waals surface area (Å²) in [5.41, 5.74) is 1.17. The van der Waals surface area contributed by atoms with Gasteiger partial charge in [0.1, 0.15) is 29.7 Å². The van der Waals surface area contributed by atoms with Crippen LogP contribution in [0.4, 0.5) is 5.13 Å². The molecule has 358 valence electrons. The third-order valence-electron chi connectivity index (χ3n) is 11.6. The molecule has 0 saturated heterocycles. The molecule has 6 rings (SSSR count). The smallest absolute Gasteiger partial charge is 0.330 e. The van der Waals surface area contributed by atoms with Crippen LogP contribution < -0.4 is 24.0 Å². The molecule has 0 radical (unpaired) electrons. The summed E-state index contributed by atoms with van der Waals surface area (Å²) >= 11 is 1.44. The third-order valence-corrected chi connectivity index (χ3v) is 12.7. The number of unbranched alkanes of at least 4 members (excludes halogenated alkanes) is 3. The van der Waals surface area contributed by atoms with E-state index < -0.39 is 29.7 Å². The molecule has 2 fully saturated rings. The van der Waals surface area contributed by atoms with E-state index >= 15 is 0 Å². The lowest BCUT2D eigenvalue weighted by molar-refractivity contribution is -0.149. The zero-order valence-electron chi connectivity index (χ0n) is 38.1. The number of ether oxygens (including phenoxy) is 8. The zero-order valence-corrected chi connectivity index (χ0v) is 38.9. The van der Waals surface area contributed by atoms with Crippen molar-refractivity contribution in [2.75, 3.05) is 52.4 Å². The van der Waals surface area contributed by atoms with Crippen molar-refractivity contribution in [2.24, 2.45) is 28.8 Å². The van der Waals surface area contributed by atoms with E-state index in [1.165, 1.54) is 24.7 Å². The Morgan fingerprint density at radius 3 is 1.90 bits per heavy atom. The van der Waals surface area contributed by atoms with Gasteiger partial charge in [-0.2, -0.15) is 5.10 Å². The summed E-state index contributed by atoms with van der Waals surface area (Å²) in [5, 5.41) is 6.88. The summed E-state index contributed by atoms with van der Waals surface area (Å²) < 4.78 is 45.2. The molecule has 0 spiro atoms. The molecule has 0 N–H and O–H groups in total. The van der Waals surface area contributed by atoms with Crippen molar-refractivity contribution in [1.82, 2.24) is 4.98 Å². The number of fused-ring (bicyclic) bond motifs is 1. The Bertz CT molecular complexity index is 2270. The number of carbonyl (C=O) groups is 5. The van der Waals surface area contributed by atoms with Gasteiger partial charge in [-0.15, -0.1) is 0 Å². The van der Waals surface area contributed by atoms with E-state index in [0.29, 0.717) is 100.0 Å². The Kier molecular flexibility index (Phi) is 19.7. The van der Waals surface area contributed by atoms with Crippen molar-refractivity contribution in [1.29, 1.82) is 0 Å². The number of thiazole rings is 1. The van der Waals surface area contributed by atoms with Crippen LogP contribution in [0.25, 0.3) is 10.2 Å². The highest BCUT2D eigenvalue weighted by Crippen LogP contribution is 2.35. The van der Waals surface area contributed by atoms with E-state index in [1.54, 1.807) is 54.6 Å². The molecule has 0 amide bonds. The van der Waals surface area contributed by atoms with Crippen LogP contribution in [0.3, 0.4) is 0 Å². The van der Waals surface area contributed by atoms with Crippen LogP contribution in [0.2, 0.25) is 0 Å². The molecule has 4 aromatic rings. The minimum absolute atomic E-state index is 0.0481. The first-order valence-electron chi connectivity index (χ1n) is 22.8. The molecule has 0 bridgehead atoms. The Hall–Kier alpha value is -6.17. The molecular formula is C50H59N3O13S. The largest absolute Gasteiger partial charge is 0.494 e. The van der Waals surface area contributed by atoms with Gasteiger partial charge in [-0.25, -0.2) is 14.8 Å². The molecule has 16 nitrogen and oxygen atoms in total. The SMILES string of the molecule is C=CC(=O)OCCCCCCOc1ccc(OC(=O)[C@H]2CC[C@H](C(=O)Oc3ccc(OC(=O)[C@H]4CC[C@H](C(=O)OC)CC4)c(/C=N/N(COCCOC)c4nc5ccccc5s4)c3)CC2)cc1. The fraction of sp³-hybridized carbons (Fsp3) is 0.460. The number of carbonyl (C=O) groups excluding carboxylic acids is 5. The van der Waals surface area contributed by atoms with Crippen molar-refractivity contribution < 1.29 is 61.9 Å². The number of methoxy groups -OCH3 is 2. The number of esters is 5. The van der Waals surface area contributed by atoms with E-state index in [1.807, 2.05) is 24.3 Å². The second-order valence-corrected chi connectivity index (χ2v) is 17.3. The minimum Gasteiger partial charge on any atom is -0.494 e. The number of para-hydroxylation sites is 1. The third kappa shape index (κ3) is 15.4. The fourth-order valence-corrected chi connectivity index (χ4v) is 8.70. The summed E-state index contributed by atoms with van der Waals surface area (Å²) in [6, 6.07) is 19.4. The molecule has 0 aliphatic heterocycles. The van der Waals surface area contributed by atoms with Gasteiger partial charge in [0.2, 0.25) is 5.13 Å². The Labute approximate surface area is 394 Å². The molecule has 17 heteroatoms. The minimum atomic E-state index is -0.441. The standard InChI is InChI=1S/C50H59N3O13S/c1-4-45(54)63-28-10-6-5-9-27-62-39-21-23-40(24-22-39)64-47(56)35-17-19-36(20-18-35)48(57)65-41-25-26-43(66-49(58)37-15-13-34(14-16-37)46(55)60-3)38(31-41)32-51-53(33-61-30-29-59-2)50-52-42-11-7-8-12-44(42)67-50/h4,7-8,11-12,21-26,31-32,34-37H,1,5-6,9-10,13-20,27-30,33H2,2-3H3/b51-32+/t34-,35-,36-,37-. The first kappa shape index (κ1) is 50.2. The number of hydrogen-bond donors (Lipinski definition) is 0. The Morgan fingerprint density at radius 1 is 0.687 bits per heavy atom. The van der Waals surface area contributed by atoms with Gasteiger partial charge in [0.15, 0.2) is 0 Å². The van der Waals surface area contributed by atoms with Gasteiger partial charge < -0.3 is 37.9 Å². The zero-order chi connectivity index (χ0) is 47.4. The number of aromatic nitrogens is 1. The van der Waals surface area contributed by atoms with Crippen LogP contribution in [-0.2, 0) is 42.9 Å². The molecule has 3 aromatic carbocycles. The predicted octanol–water partition coefficient (Wildman–Crippen LogP) is 8.63. The normalized spacial score (nSPS) is 18.2. The molecule has 2 aliphatic carbocycles. The maximum absolute atomic E-state index is 13.6. The van der Waals surface area contributed by atoms with Gasteiger partial charge in [0, 0.05) is 18.7 Å². The molecule has 0 atom stereocenters. The van der Waals surface area contributed by atoms with Crippen molar-refractivity contribution in [3.63, 3.8) is 0 Å². The summed E-state index contributed by atoms with van der Waals surface area (Å²) in [6.07, 6.45) is 9.94. The van der Waals surface area contributed by atoms with Crippen LogP contribution in [0.15, 0.2) is 84.5 Å². The van der Waals surface area contributed by atoms with Crippen molar-refractivity contribution in [3.8, 4) is 23.0 Å². The van der Waals surface area contributed by atoms with Gasteiger partial charge in [-0.1, -0.05) is 30.0 Å². The molecular weight excluding hydrogens is 883 g/mol. The van der Waals surface area contributed by atoms with Crippen LogP contribution in [0.5, 0.6) is 23.0 Å². The Morgan fingerprint density at radius 2 is 1.27 bits per heavy atom. The van der Waals surface area contributed by atoms with Gasteiger partial charge in [-0.3, -0.25) is 19.2 Å². The van der Waals surface area contributed by atoms with Gasteiger partial charge in [0.05, 0.1) is 73.6 Å². The molecule has 2 aliphatic rings. The van der Waals surface area contributed by atoms with Crippen LogP contribution in [0.1, 0.15) is 82.6 Å². The Balaban J connectivity index is 1.04. The first-order valence-corrected chi connectivity index (χ1v) is 23.6. The number of benzene rings is 3. The average molecular weight is 942 g/mol. The molecule has 1 heterocycles. The highest BCUT2D eigenvalue weighted by atomic mass is 32.1. The lowest BCUT2D eigenvalue weighted by Gasteiger charge is -2.26. The molecule has 2 saturated carbocycles. The molecule has 0 unspecified atom stereocenters. The van der Waals surface area contributed by atoms with E-state index in [9.17, 15) is 24.0 Å². The second kappa shape index (κ2) is 26.2. The van der Waals surface area contributed by atoms with E-state index in [0.717, 1.165) is 42.0 Å². The van der Waals surface area contributed by atoms with Gasteiger partial charge >= 0.3 is 29.8 Å². The number of hydrogen-bond acceptors (Lipinski definition) is 17. The first-order chi connectivity index (χ1) is 32.6. The van der Waals surface area contributed by atoms with E-state index in [4.69, 9.17) is 48.0 Å². The van der Waals surface area contributed by atoms with E-state index in [-0.39, 0.29) is 42.0 Å². The number of rotatable bonds is 24. The van der Waals surface area contributed by atoms with Gasteiger partial charge in [-0.05, 0) is 132 Å². The van der Waals surface area contributed by atoms with Crippen molar-refractivity contribution in [2.45, 2.75) is 77.0 Å². The average Bonchev–Trinajstić information content (AvgIpc) is 3.79. The van der Waals surface area contributed by atoms with E-state index in [2.05, 4.69) is 6.58 Å². The number of anilines is 1. The number of hydrazone groups is 1. The van der Waals surface area contributed by atoms with Crippen LogP contribution in [-0.4, -0.2) is 88.4 Å². The molecule has 67 heavy (non-hydrogen) atoms. The highest BCUT2D eigenvalue weighted by molar-refractivity contribution is 7.22. The lowest BCUT2D eigenvalue weighted by Crippen LogP contribution is -2.30. The molecule has 1 aromatic heterocycles. The van der Waals surface area contributed by atoms with Crippen LogP contribution >= 0.6 is 11.3 Å². The van der Waals surface area contributed by atoms with Crippen molar-refractivity contribution in [3.05, 3.63) is 84.9 Å². The maximum Gasteiger partial charge on any atom is 0.330 e. The van der Waals surface area contributed by atoms with Crippen LogP contribution in [0, 0.1) is 23.7 Å². The quantitative estimate of drug-likeness (QED) is 0.0123. The fourth-order valence-electron chi connectivity index (χ4n) is 7.79. The van der Waals surface area contributed by atoms with Gasteiger partial charge in [0.25, 0.3) is 0 Å². The second-order valence-electron chi connectivity index (χ2n) is 16.3. The lowest BCUT2D eigenvalue weighted by atomic mass is 9.82. The van der Waals surface area contributed by atoms with Crippen molar-refractivity contribution >= 4 is 62.7 Å². The summed E-state index contributed by atoms with van der Waals surface area (Å²) in [4.78, 5) is 68.2. The summed E-state index contributed by atoms with van der Waals surface area (Å²) in [5.74, 6) is -1.86. The topological polar surface area (TPSA) is 188 Å². The monoisotopic (exact) mass is 941 g/mol. The highest BCUT2D eigenvalue weighted by Gasteiger charge is 2.34. The summed E-state index contributed by atoms with van der Waals surface area (Å²) in [6.45, 7) is 5.04. The predicted molar refractivity (Wildman–Crippen MR) is 250 cm³/mol. The maximum atomic E-state index is 13.6. The number of nitrogens with zero attached hydrogens (tertiary/aromatic N) is 3.